The fourth-order valence-electron chi connectivity index (χ4n) is 1.91. The molecular formula is C14H8BrClN4O2. The van der Waals surface area contributed by atoms with Crippen molar-refractivity contribution in [3.63, 3.8) is 0 Å². The average Bonchev–Trinajstić information content (AvgIpc) is 2.83. The molecule has 1 heterocycles. The number of esters is 1. The van der Waals surface area contributed by atoms with Crippen molar-refractivity contribution in [2.45, 2.75) is 0 Å². The van der Waals surface area contributed by atoms with Gasteiger partial charge in [0.15, 0.2) is 5.69 Å². The maximum Gasteiger partial charge on any atom is 0.357 e. The van der Waals surface area contributed by atoms with E-state index in [9.17, 15) is 4.79 Å². The Morgan fingerprint density at radius 1 is 1.36 bits per heavy atom. The number of nitrogens with zero attached hydrogens (tertiary/aromatic N) is 3. The van der Waals surface area contributed by atoms with Crippen LogP contribution < -0.4 is 5.73 Å². The zero-order valence-electron chi connectivity index (χ0n) is 11.2. The van der Waals surface area contributed by atoms with Crippen LogP contribution in [0.3, 0.4) is 0 Å². The first kappa shape index (κ1) is 15.9. The highest BCUT2D eigenvalue weighted by molar-refractivity contribution is 9.10. The van der Waals surface area contributed by atoms with Crippen molar-refractivity contribution in [1.29, 1.82) is 10.5 Å². The summed E-state index contributed by atoms with van der Waals surface area (Å²) in [7, 11) is 1.20. The molecule has 0 aliphatic heterocycles. The zero-order valence-corrected chi connectivity index (χ0v) is 13.6. The highest BCUT2D eigenvalue weighted by Crippen LogP contribution is 2.32. The molecule has 0 bridgehead atoms. The summed E-state index contributed by atoms with van der Waals surface area (Å²) in [6.07, 6.45) is 1.37. The van der Waals surface area contributed by atoms with E-state index in [-0.39, 0.29) is 22.0 Å². The highest BCUT2D eigenvalue weighted by atomic mass is 79.9. The number of carbonyl (C=O) groups is 1. The standard InChI is InChI=1S/C14H8BrClN4O2/c1-22-14(21)13-12(19)8(5-18)6-20(13)11-2-7(4-17)9(15)3-10(11)16/h2-3,6H,19H2,1H3. The first-order chi connectivity index (χ1) is 10.4. The summed E-state index contributed by atoms with van der Waals surface area (Å²) < 4.78 is 6.55. The van der Waals surface area contributed by atoms with Crippen LogP contribution in [-0.4, -0.2) is 17.6 Å². The third-order valence-corrected chi connectivity index (χ3v) is 3.92. The maximum atomic E-state index is 11.9. The summed E-state index contributed by atoms with van der Waals surface area (Å²) in [5, 5.41) is 18.5. The van der Waals surface area contributed by atoms with Crippen LogP contribution in [0.1, 0.15) is 21.6 Å². The van der Waals surface area contributed by atoms with Crippen molar-refractivity contribution in [2.24, 2.45) is 0 Å². The molecule has 110 valence electrons. The van der Waals surface area contributed by atoms with Gasteiger partial charge in [-0.25, -0.2) is 4.79 Å². The van der Waals surface area contributed by atoms with E-state index in [1.165, 1.54) is 30.0 Å². The van der Waals surface area contributed by atoms with Gasteiger partial charge < -0.3 is 15.0 Å². The Labute approximate surface area is 139 Å². The molecule has 0 spiro atoms. The van der Waals surface area contributed by atoms with Gasteiger partial charge in [0.05, 0.1) is 34.6 Å². The second-order valence-electron chi connectivity index (χ2n) is 4.17. The third-order valence-electron chi connectivity index (χ3n) is 2.96. The second kappa shape index (κ2) is 6.10. The van der Waals surface area contributed by atoms with Gasteiger partial charge in [-0.05, 0) is 28.1 Å². The summed E-state index contributed by atoms with van der Waals surface area (Å²) >= 11 is 9.41. The van der Waals surface area contributed by atoms with Crippen molar-refractivity contribution in [2.75, 3.05) is 12.8 Å². The van der Waals surface area contributed by atoms with E-state index in [1.54, 1.807) is 0 Å². The van der Waals surface area contributed by atoms with E-state index in [0.717, 1.165) is 0 Å². The quantitative estimate of drug-likeness (QED) is 0.808. The van der Waals surface area contributed by atoms with E-state index in [0.29, 0.717) is 15.7 Å². The summed E-state index contributed by atoms with van der Waals surface area (Å²) in [6, 6.07) is 6.90. The molecule has 0 aliphatic rings. The number of nitrogen functional groups attached to an aromatic ring is 1. The van der Waals surface area contributed by atoms with Gasteiger partial charge in [0.2, 0.25) is 0 Å². The molecule has 1 aromatic heterocycles. The lowest BCUT2D eigenvalue weighted by atomic mass is 10.2. The van der Waals surface area contributed by atoms with E-state index in [4.69, 9.17) is 32.6 Å². The minimum atomic E-state index is -0.712. The van der Waals surface area contributed by atoms with Crippen LogP contribution in [-0.2, 0) is 4.74 Å². The number of nitrogens with two attached hydrogens (primary N) is 1. The smallest absolute Gasteiger partial charge is 0.357 e. The number of carbonyl (C=O) groups excluding carboxylic acids is 1. The number of halogens is 2. The molecule has 0 atom stereocenters. The molecule has 1 aromatic carbocycles. The lowest BCUT2D eigenvalue weighted by Crippen LogP contribution is -2.11. The zero-order chi connectivity index (χ0) is 16.4. The number of anilines is 1. The minimum absolute atomic E-state index is 0.00755. The van der Waals surface area contributed by atoms with E-state index >= 15 is 0 Å². The molecule has 22 heavy (non-hydrogen) atoms. The Balaban J connectivity index is 2.82. The SMILES string of the molecule is COC(=O)c1c(N)c(C#N)cn1-c1cc(C#N)c(Br)cc1Cl. The minimum Gasteiger partial charge on any atom is -0.464 e. The molecule has 6 nitrogen and oxygen atoms in total. The fourth-order valence-corrected chi connectivity index (χ4v) is 2.73. The summed E-state index contributed by atoms with van der Waals surface area (Å²) in [4.78, 5) is 11.9. The number of rotatable bonds is 2. The first-order valence-corrected chi connectivity index (χ1v) is 7.00. The van der Waals surface area contributed by atoms with Crippen LogP contribution in [0.2, 0.25) is 5.02 Å². The summed E-state index contributed by atoms with van der Waals surface area (Å²) in [5.41, 5.74) is 6.56. The summed E-state index contributed by atoms with van der Waals surface area (Å²) in [5.74, 6) is -0.712. The normalized spacial score (nSPS) is 9.86. The topological polar surface area (TPSA) is 105 Å². The lowest BCUT2D eigenvalue weighted by molar-refractivity contribution is 0.0593. The van der Waals surface area contributed by atoms with Crippen molar-refractivity contribution in [1.82, 2.24) is 4.57 Å². The second-order valence-corrected chi connectivity index (χ2v) is 5.44. The van der Waals surface area contributed by atoms with Crippen molar-refractivity contribution in [3.05, 3.63) is 44.6 Å². The van der Waals surface area contributed by atoms with Gasteiger partial charge in [0.25, 0.3) is 0 Å². The number of hydrogen-bond acceptors (Lipinski definition) is 5. The van der Waals surface area contributed by atoms with Crippen LogP contribution in [0, 0.1) is 22.7 Å². The molecule has 0 aliphatic carbocycles. The highest BCUT2D eigenvalue weighted by Gasteiger charge is 2.23. The molecule has 0 amide bonds. The molecule has 2 rings (SSSR count). The number of benzene rings is 1. The van der Waals surface area contributed by atoms with Gasteiger partial charge in [-0.15, -0.1) is 0 Å². The van der Waals surface area contributed by atoms with Gasteiger partial charge in [-0.1, -0.05) is 11.6 Å². The van der Waals surface area contributed by atoms with Crippen LogP contribution in [0.15, 0.2) is 22.8 Å². The fraction of sp³-hybridized carbons (Fsp3) is 0.0714. The monoisotopic (exact) mass is 378 g/mol. The van der Waals surface area contributed by atoms with Crippen LogP contribution in [0.25, 0.3) is 5.69 Å². The van der Waals surface area contributed by atoms with Crippen molar-refractivity contribution >= 4 is 39.2 Å². The number of hydrogen-bond donors (Lipinski definition) is 1. The first-order valence-electron chi connectivity index (χ1n) is 5.83. The third kappa shape index (κ3) is 2.52. The van der Waals surface area contributed by atoms with Crippen LogP contribution in [0.4, 0.5) is 5.69 Å². The molecule has 8 heteroatoms. The van der Waals surface area contributed by atoms with E-state index < -0.39 is 5.97 Å². The molecule has 2 aromatic rings. The maximum absolute atomic E-state index is 11.9. The predicted molar refractivity (Wildman–Crippen MR) is 83.7 cm³/mol. The number of nitriles is 2. The van der Waals surface area contributed by atoms with Gasteiger partial charge in [-0.2, -0.15) is 10.5 Å². The Morgan fingerprint density at radius 3 is 2.55 bits per heavy atom. The Hall–Kier alpha value is -2.48. The Morgan fingerprint density at radius 2 is 2.00 bits per heavy atom. The van der Waals surface area contributed by atoms with Gasteiger partial charge in [0.1, 0.15) is 12.1 Å². The molecular weight excluding hydrogens is 372 g/mol. The van der Waals surface area contributed by atoms with E-state index in [2.05, 4.69) is 15.9 Å². The Bertz CT molecular complexity index is 861. The molecule has 2 N–H and O–H groups in total. The van der Waals surface area contributed by atoms with Gasteiger partial charge in [-0.3, -0.25) is 0 Å². The van der Waals surface area contributed by atoms with E-state index in [1.807, 2.05) is 12.1 Å². The predicted octanol–water partition coefficient (Wildman–Crippen LogP) is 3.01. The molecule has 0 saturated carbocycles. The van der Waals surface area contributed by atoms with Gasteiger partial charge >= 0.3 is 5.97 Å². The average molecular weight is 380 g/mol. The number of methoxy groups -OCH3 is 1. The largest absolute Gasteiger partial charge is 0.464 e. The summed E-state index contributed by atoms with van der Waals surface area (Å²) in [6.45, 7) is 0. The number of ether oxygens (including phenoxy) is 1. The molecule has 0 radical (unpaired) electrons. The molecule has 0 unspecified atom stereocenters. The van der Waals surface area contributed by atoms with Crippen LogP contribution in [0.5, 0.6) is 0 Å². The Kier molecular flexibility index (Phi) is 4.41. The molecule has 0 saturated heterocycles. The number of aromatic nitrogens is 1. The lowest BCUT2D eigenvalue weighted by Gasteiger charge is -2.11. The molecule has 0 fully saturated rings. The van der Waals surface area contributed by atoms with Gasteiger partial charge in [0, 0.05) is 10.7 Å². The van der Waals surface area contributed by atoms with Crippen LogP contribution >= 0.6 is 27.5 Å². The van der Waals surface area contributed by atoms with Crippen molar-refractivity contribution in [3.8, 4) is 17.8 Å². The van der Waals surface area contributed by atoms with Crippen molar-refractivity contribution < 1.29 is 9.53 Å².